The molecule has 0 aliphatic rings. The highest BCUT2D eigenvalue weighted by molar-refractivity contribution is 5.76. The monoisotopic (exact) mass is 308 g/mol. The summed E-state index contributed by atoms with van der Waals surface area (Å²) in [5, 5.41) is 11.3. The van der Waals surface area contributed by atoms with E-state index < -0.39 is 0 Å². The molecule has 118 valence electrons. The first kappa shape index (κ1) is 15.2. The van der Waals surface area contributed by atoms with E-state index in [-0.39, 0.29) is 11.9 Å². The minimum absolute atomic E-state index is 0.0201. The first-order chi connectivity index (χ1) is 11.1. The molecule has 5 nitrogen and oxygen atoms in total. The second-order valence-corrected chi connectivity index (χ2v) is 5.77. The molecule has 0 bridgehead atoms. The van der Waals surface area contributed by atoms with Crippen molar-refractivity contribution in [2.45, 2.75) is 32.7 Å². The second kappa shape index (κ2) is 6.60. The van der Waals surface area contributed by atoms with Crippen LogP contribution in [0.2, 0.25) is 0 Å². The molecular weight excluding hydrogens is 288 g/mol. The van der Waals surface area contributed by atoms with Gasteiger partial charge in [-0.3, -0.25) is 9.20 Å². The molecule has 1 N–H and O–H groups in total. The van der Waals surface area contributed by atoms with E-state index >= 15 is 0 Å². The summed E-state index contributed by atoms with van der Waals surface area (Å²) in [5.74, 6) is 0.760. The molecule has 2 heterocycles. The number of amides is 1. The average molecular weight is 308 g/mol. The van der Waals surface area contributed by atoms with Crippen LogP contribution in [0, 0.1) is 6.92 Å². The number of nitrogens with one attached hydrogen (secondary N) is 1. The standard InChI is InChI=1S/C18H20N4O/c1-13-6-5-7-15(12-13)9-10-17(23)19-14(2)18-21-20-16-8-3-4-11-22(16)18/h3-8,11-12,14H,9-10H2,1-2H3,(H,19,23). The Labute approximate surface area is 135 Å². The highest BCUT2D eigenvalue weighted by Gasteiger charge is 2.15. The molecule has 1 atom stereocenters. The van der Waals surface area contributed by atoms with Gasteiger partial charge in [-0.2, -0.15) is 0 Å². The lowest BCUT2D eigenvalue weighted by Gasteiger charge is -2.12. The molecule has 3 aromatic rings. The molecule has 1 amide bonds. The fourth-order valence-corrected chi connectivity index (χ4v) is 2.66. The van der Waals surface area contributed by atoms with Gasteiger partial charge in [0.25, 0.3) is 0 Å². The summed E-state index contributed by atoms with van der Waals surface area (Å²) in [5.41, 5.74) is 3.18. The molecule has 1 aromatic carbocycles. The molecule has 0 spiro atoms. The summed E-state index contributed by atoms with van der Waals surface area (Å²) >= 11 is 0. The Hall–Kier alpha value is -2.69. The van der Waals surface area contributed by atoms with Gasteiger partial charge in [-0.1, -0.05) is 35.9 Å². The summed E-state index contributed by atoms with van der Waals surface area (Å²) in [4.78, 5) is 12.2. The molecule has 0 radical (unpaired) electrons. The lowest BCUT2D eigenvalue weighted by molar-refractivity contribution is -0.121. The van der Waals surface area contributed by atoms with Gasteiger partial charge >= 0.3 is 0 Å². The smallest absolute Gasteiger partial charge is 0.220 e. The number of rotatable bonds is 5. The first-order valence-electron chi connectivity index (χ1n) is 7.78. The maximum Gasteiger partial charge on any atom is 0.220 e. The number of benzene rings is 1. The van der Waals surface area contributed by atoms with E-state index in [1.165, 1.54) is 11.1 Å². The van der Waals surface area contributed by atoms with Gasteiger partial charge in [0, 0.05) is 12.6 Å². The van der Waals surface area contributed by atoms with E-state index in [0.717, 1.165) is 17.9 Å². The molecule has 2 aromatic heterocycles. The van der Waals surface area contributed by atoms with Crippen molar-refractivity contribution in [2.24, 2.45) is 0 Å². The van der Waals surface area contributed by atoms with Gasteiger partial charge < -0.3 is 5.32 Å². The Morgan fingerprint density at radius 3 is 2.91 bits per heavy atom. The van der Waals surface area contributed by atoms with Crippen molar-refractivity contribution >= 4 is 11.6 Å². The number of aromatic nitrogens is 3. The molecule has 1 unspecified atom stereocenters. The Balaban J connectivity index is 1.61. The SMILES string of the molecule is Cc1cccc(CCC(=O)NC(C)c2nnc3ccccn23)c1. The Morgan fingerprint density at radius 1 is 1.22 bits per heavy atom. The topological polar surface area (TPSA) is 59.3 Å². The Morgan fingerprint density at radius 2 is 2.09 bits per heavy atom. The minimum Gasteiger partial charge on any atom is -0.346 e. The average Bonchev–Trinajstić information content (AvgIpc) is 2.97. The van der Waals surface area contributed by atoms with Gasteiger partial charge in [0.2, 0.25) is 5.91 Å². The maximum atomic E-state index is 12.2. The predicted molar refractivity (Wildman–Crippen MR) is 89.0 cm³/mol. The quantitative estimate of drug-likeness (QED) is 0.788. The van der Waals surface area contributed by atoms with Crippen LogP contribution >= 0.6 is 0 Å². The first-order valence-corrected chi connectivity index (χ1v) is 7.78. The van der Waals surface area contributed by atoms with E-state index in [0.29, 0.717) is 6.42 Å². The number of aryl methyl sites for hydroxylation is 2. The van der Waals surface area contributed by atoms with Crippen LogP contribution in [-0.2, 0) is 11.2 Å². The van der Waals surface area contributed by atoms with Crippen LogP contribution in [0.4, 0.5) is 0 Å². The van der Waals surface area contributed by atoms with Gasteiger partial charge in [0.1, 0.15) is 0 Å². The van der Waals surface area contributed by atoms with Gasteiger partial charge in [-0.25, -0.2) is 0 Å². The minimum atomic E-state index is -0.183. The van der Waals surface area contributed by atoms with Crippen LogP contribution in [0.25, 0.3) is 5.65 Å². The summed E-state index contributed by atoms with van der Waals surface area (Å²) in [6.45, 7) is 3.98. The fourth-order valence-electron chi connectivity index (χ4n) is 2.66. The number of nitrogens with zero attached hydrogens (tertiary/aromatic N) is 3. The van der Waals surface area contributed by atoms with Crippen LogP contribution in [-0.4, -0.2) is 20.5 Å². The van der Waals surface area contributed by atoms with E-state index in [9.17, 15) is 4.79 Å². The number of hydrogen-bond donors (Lipinski definition) is 1. The normalized spacial score (nSPS) is 12.3. The Kier molecular flexibility index (Phi) is 4.37. The fraction of sp³-hybridized carbons (Fsp3) is 0.278. The molecule has 5 heteroatoms. The van der Waals surface area contributed by atoms with Crippen LogP contribution in [0.3, 0.4) is 0 Å². The molecule has 0 saturated heterocycles. The van der Waals surface area contributed by atoms with Gasteiger partial charge in [-0.15, -0.1) is 10.2 Å². The highest BCUT2D eigenvalue weighted by Crippen LogP contribution is 2.12. The van der Waals surface area contributed by atoms with Crippen LogP contribution in [0.5, 0.6) is 0 Å². The summed E-state index contributed by atoms with van der Waals surface area (Å²) in [6.07, 6.45) is 3.10. The van der Waals surface area contributed by atoms with E-state index in [1.54, 1.807) is 0 Å². The zero-order valence-electron chi connectivity index (χ0n) is 13.4. The van der Waals surface area contributed by atoms with Crippen molar-refractivity contribution in [2.75, 3.05) is 0 Å². The lowest BCUT2D eigenvalue weighted by Crippen LogP contribution is -2.28. The van der Waals surface area contributed by atoms with Gasteiger partial charge in [-0.05, 0) is 38.0 Å². The lowest BCUT2D eigenvalue weighted by atomic mass is 10.1. The number of carbonyl (C=O) groups is 1. The van der Waals surface area contributed by atoms with E-state index in [4.69, 9.17) is 0 Å². The molecule has 0 aliphatic carbocycles. The third-order valence-corrected chi connectivity index (χ3v) is 3.83. The van der Waals surface area contributed by atoms with Crippen molar-refractivity contribution in [1.29, 1.82) is 0 Å². The summed E-state index contributed by atoms with van der Waals surface area (Å²) in [6, 6.07) is 13.8. The van der Waals surface area contributed by atoms with Gasteiger partial charge in [0.15, 0.2) is 11.5 Å². The van der Waals surface area contributed by atoms with Gasteiger partial charge in [0.05, 0.1) is 6.04 Å². The van der Waals surface area contributed by atoms with Crippen molar-refractivity contribution in [3.8, 4) is 0 Å². The zero-order valence-corrected chi connectivity index (χ0v) is 13.4. The molecule has 23 heavy (non-hydrogen) atoms. The van der Waals surface area contributed by atoms with Crippen molar-refractivity contribution in [1.82, 2.24) is 19.9 Å². The third kappa shape index (κ3) is 3.56. The summed E-state index contributed by atoms with van der Waals surface area (Å²) in [7, 11) is 0. The largest absolute Gasteiger partial charge is 0.346 e. The number of fused-ring (bicyclic) bond motifs is 1. The maximum absolute atomic E-state index is 12.2. The van der Waals surface area contributed by atoms with Crippen molar-refractivity contribution < 1.29 is 4.79 Å². The van der Waals surface area contributed by atoms with Crippen LogP contribution in [0.15, 0.2) is 48.7 Å². The van der Waals surface area contributed by atoms with Crippen molar-refractivity contribution in [3.63, 3.8) is 0 Å². The predicted octanol–water partition coefficient (Wildman–Crippen LogP) is 2.85. The highest BCUT2D eigenvalue weighted by atomic mass is 16.1. The molecule has 3 rings (SSSR count). The third-order valence-electron chi connectivity index (χ3n) is 3.83. The van der Waals surface area contributed by atoms with E-state index in [1.807, 2.05) is 41.8 Å². The number of pyridine rings is 1. The zero-order chi connectivity index (χ0) is 16.2. The molecule has 0 aliphatic heterocycles. The van der Waals surface area contributed by atoms with Crippen LogP contribution < -0.4 is 5.32 Å². The van der Waals surface area contributed by atoms with Crippen molar-refractivity contribution in [3.05, 3.63) is 65.6 Å². The number of carbonyl (C=O) groups excluding carboxylic acids is 1. The second-order valence-electron chi connectivity index (χ2n) is 5.77. The number of hydrogen-bond acceptors (Lipinski definition) is 3. The molecular formula is C18H20N4O. The van der Waals surface area contributed by atoms with E-state index in [2.05, 4.69) is 40.6 Å². The molecule has 0 saturated carbocycles. The molecule has 0 fully saturated rings. The van der Waals surface area contributed by atoms with Crippen LogP contribution in [0.1, 0.15) is 36.3 Å². The summed E-state index contributed by atoms with van der Waals surface area (Å²) < 4.78 is 1.89. The Bertz CT molecular complexity index is 825.